The molecule has 0 aromatic heterocycles. The van der Waals surface area contributed by atoms with Crippen LogP contribution in [0.15, 0.2) is 60.7 Å². The topological polar surface area (TPSA) is 52.6 Å². The second-order valence-electron chi connectivity index (χ2n) is 13.6. The summed E-state index contributed by atoms with van der Waals surface area (Å²) < 4.78 is 31.7. The van der Waals surface area contributed by atoms with Crippen molar-refractivity contribution in [3.8, 4) is 40.2 Å². The summed E-state index contributed by atoms with van der Waals surface area (Å²) >= 11 is 0. The van der Waals surface area contributed by atoms with E-state index in [4.69, 9.17) is 23.7 Å². The largest absolute Gasteiger partial charge is 0.493 e. The van der Waals surface area contributed by atoms with Crippen LogP contribution >= 0.6 is 0 Å². The summed E-state index contributed by atoms with van der Waals surface area (Å²) in [5.41, 5.74) is 8.74. The van der Waals surface area contributed by atoms with Gasteiger partial charge in [0.15, 0.2) is 23.0 Å². The average molecular weight is 633 g/mol. The smallest absolute Gasteiger partial charge is 0.204 e. The van der Waals surface area contributed by atoms with Gasteiger partial charge < -0.3 is 23.7 Å². The first-order chi connectivity index (χ1) is 22.9. The van der Waals surface area contributed by atoms with Gasteiger partial charge in [-0.2, -0.15) is 0 Å². The SMILES string of the molecule is COc1cc2c3cc1Oc1c(OC)c(OC)cc4c1[C@H](Cc1ccc(cc1)Oc1cc(ccc1C1CC1)C[C@H]3N(C)CC2)N(C)CC4. The van der Waals surface area contributed by atoms with Crippen LogP contribution in [0.5, 0.6) is 40.2 Å². The van der Waals surface area contributed by atoms with Crippen molar-refractivity contribution in [3.05, 3.63) is 99.6 Å². The van der Waals surface area contributed by atoms with E-state index in [1.54, 1.807) is 21.3 Å². The second kappa shape index (κ2) is 12.1. The van der Waals surface area contributed by atoms with Gasteiger partial charge in [-0.3, -0.25) is 9.80 Å². The number of hydrogen-bond acceptors (Lipinski definition) is 7. The van der Waals surface area contributed by atoms with Crippen molar-refractivity contribution in [2.45, 2.75) is 56.5 Å². The fourth-order valence-corrected chi connectivity index (χ4v) is 7.87. The molecule has 0 saturated heterocycles. The van der Waals surface area contributed by atoms with Crippen LogP contribution in [0, 0.1) is 0 Å². The van der Waals surface area contributed by atoms with Crippen LogP contribution in [0.25, 0.3) is 0 Å². The summed E-state index contributed by atoms with van der Waals surface area (Å²) in [4.78, 5) is 4.89. The van der Waals surface area contributed by atoms with E-state index < -0.39 is 0 Å². The highest BCUT2D eigenvalue weighted by Gasteiger charge is 2.35. The molecule has 244 valence electrons. The van der Waals surface area contributed by atoms with Gasteiger partial charge in [0.2, 0.25) is 5.75 Å². The summed E-state index contributed by atoms with van der Waals surface area (Å²) in [6.45, 7) is 1.91. The first-order valence-electron chi connectivity index (χ1n) is 16.9. The fourth-order valence-electron chi connectivity index (χ4n) is 7.87. The van der Waals surface area contributed by atoms with Gasteiger partial charge in [-0.05, 0) is 128 Å². The maximum absolute atomic E-state index is 7.06. The van der Waals surface area contributed by atoms with Gasteiger partial charge in [-0.25, -0.2) is 0 Å². The standard InChI is InChI=1S/C40H44N2O5/c1-41-16-14-27-21-35(43-3)36-23-31(27)32(41)19-25-8-13-30(26-9-10-26)34(20-25)46-29-11-6-24(7-12-29)18-33-38-28(15-17-42(33)2)22-37(44-4)39(45-5)40(38)47-36/h6-8,11-13,20-23,26,32-33H,9-10,14-19H2,1-5H3/t32-,33+/m1/s1. The van der Waals surface area contributed by atoms with E-state index in [0.717, 1.165) is 61.6 Å². The van der Waals surface area contributed by atoms with Gasteiger partial charge in [0.1, 0.15) is 11.5 Å². The molecule has 0 amide bonds. The van der Waals surface area contributed by atoms with Gasteiger partial charge in [0, 0.05) is 30.7 Å². The third kappa shape index (κ3) is 5.49. The first-order valence-corrected chi connectivity index (χ1v) is 16.9. The molecule has 7 nitrogen and oxygen atoms in total. The van der Waals surface area contributed by atoms with Crippen molar-refractivity contribution in [1.82, 2.24) is 9.80 Å². The van der Waals surface area contributed by atoms with E-state index in [9.17, 15) is 0 Å². The van der Waals surface area contributed by atoms with E-state index in [1.807, 2.05) is 0 Å². The molecule has 0 N–H and O–H groups in total. The third-order valence-electron chi connectivity index (χ3n) is 10.7. The van der Waals surface area contributed by atoms with Crippen LogP contribution in [0.1, 0.15) is 69.8 Å². The Morgan fingerprint density at radius 2 is 1.32 bits per heavy atom. The molecule has 2 atom stereocenters. The molecule has 4 aliphatic heterocycles. The minimum absolute atomic E-state index is 0.0693. The number of methoxy groups -OCH3 is 3. The molecule has 7 heteroatoms. The quantitative estimate of drug-likeness (QED) is 0.226. The van der Waals surface area contributed by atoms with Crippen molar-refractivity contribution in [3.63, 3.8) is 0 Å². The molecule has 4 aromatic rings. The Morgan fingerprint density at radius 3 is 2.04 bits per heavy atom. The molecule has 0 spiro atoms. The molecule has 4 heterocycles. The molecule has 9 rings (SSSR count). The summed E-state index contributed by atoms with van der Waals surface area (Å²) in [6, 6.07) is 22.3. The molecule has 5 aliphatic rings. The molecular weight excluding hydrogens is 588 g/mol. The van der Waals surface area contributed by atoms with Crippen molar-refractivity contribution in [2.75, 3.05) is 48.5 Å². The van der Waals surface area contributed by atoms with Gasteiger partial charge in [0.05, 0.1) is 21.3 Å². The highest BCUT2D eigenvalue weighted by molar-refractivity contribution is 5.63. The van der Waals surface area contributed by atoms with Crippen molar-refractivity contribution in [2.24, 2.45) is 0 Å². The Kier molecular flexibility index (Phi) is 7.77. The van der Waals surface area contributed by atoms with Crippen LogP contribution in [0.4, 0.5) is 0 Å². The van der Waals surface area contributed by atoms with Crippen LogP contribution in [0.2, 0.25) is 0 Å². The number of rotatable bonds is 4. The lowest BCUT2D eigenvalue weighted by molar-refractivity contribution is 0.220. The number of hydrogen-bond donors (Lipinski definition) is 0. The molecule has 47 heavy (non-hydrogen) atoms. The third-order valence-corrected chi connectivity index (χ3v) is 10.7. The average Bonchev–Trinajstić information content (AvgIpc) is 3.93. The van der Waals surface area contributed by atoms with E-state index in [1.165, 1.54) is 46.2 Å². The number of fused-ring (bicyclic) bond motifs is 2. The normalized spacial score (nSPS) is 20.7. The number of benzene rings is 4. The molecule has 0 radical (unpaired) electrons. The summed E-state index contributed by atoms with van der Waals surface area (Å²) in [7, 11) is 9.53. The fraction of sp³-hybridized carbons (Fsp3) is 0.400. The minimum atomic E-state index is 0.0693. The predicted molar refractivity (Wildman–Crippen MR) is 183 cm³/mol. The van der Waals surface area contributed by atoms with Crippen LogP contribution in [0.3, 0.4) is 0 Å². The molecule has 1 aliphatic carbocycles. The second-order valence-corrected chi connectivity index (χ2v) is 13.6. The lowest BCUT2D eigenvalue weighted by Gasteiger charge is -2.37. The number of nitrogens with zero attached hydrogens (tertiary/aromatic N) is 2. The lowest BCUT2D eigenvalue weighted by atomic mass is 9.87. The molecule has 6 bridgehead atoms. The highest BCUT2D eigenvalue weighted by atomic mass is 16.5. The molecule has 0 unspecified atom stereocenters. The maximum atomic E-state index is 7.06. The summed E-state index contributed by atoms with van der Waals surface area (Å²) in [5.74, 6) is 5.83. The van der Waals surface area contributed by atoms with E-state index in [2.05, 4.69) is 84.6 Å². The molecule has 4 aromatic carbocycles. The Labute approximate surface area is 278 Å². The summed E-state index contributed by atoms with van der Waals surface area (Å²) in [6.07, 6.45) is 5.97. The molecule has 1 fully saturated rings. The minimum Gasteiger partial charge on any atom is -0.493 e. The molecule has 1 saturated carbocycles. The number of ether oxygens (including phenoxy) is 5. The monoisotopic (exact) mass is 632 g/mol. The Balaban J connectivity index is 1.34. The van der Waals surface area contributed by atoms with Crippen LogP contribution in [-0.4, -0.2) is 58.3 Å². The first kappa shape index (κ1) is 30.2. The molecular formula is C40H44N2O5. The Morgan fingerprint density at radius 1 is 0.638 bits per heavy atom. The number of likely N-dealkylation sites (N-methyl/N-ethyl adjacent to an activating group) is 2. The van der Waals surface area contributed by atoms with Crippen molar-refractivity contribution in [1.29, 1.82) is 0 Å². The zero-order chi connectivity index (χ0) is 32.2. The van der Waals surface area contributed by atoms with Crippen molar-refractivity contribution < 1.29 is 23.7 Å². The Bertz CT molecular complexity index is 1820. The Hall–Kier alpha value is -4.20. The maximum Gasteiger partial charge on any atom is 0.204 e. The van der Waals surface area contributed by atoms with Gasteiger partial charge in [-0.1, -0.05) is 24.3 Å². The highest BCUT2D eigenvalue weighted by Crippen LogP contribution is 2.52. The van der Waals surface area contributed by atoms with Crippen LogP contribution in [-0.2, 0) is 25.7 Å². The van der Waals surface area contributed by atoms with Gasteiger partial charge >= 0.3 is 0 Å². The van der Waals surface area contributed by atoms with E-state index >= 15 is 0 Å². The summed E-state index contributed by atoms with van der Waals surface area (Å²) in [5, 5.41) is 0. The van der Waals surface area contributed by atoms with Crippen molar-refractivity contribution >= 4 is 0 Å². The van der Waals surface area contributed by atoms with Gasteiger partial charge in [-0.15, -0.1) is 0 Å². The lowest BCUT2D eigenvalue weighted by Crippen LogP contribution is -2.34. The predicted octanol–water partition coefficient (Wildman–Crippen LogP) is 8.03. The zero-order valence-electron chi connectivity index (χ0n) is 28.1. The van der Waals surface area contributed by atoms with Gasteiger partial charge in [0.25, 0.3) is 0 Å². The van der Waals surface area contributed by atoms with Crippen LogP contribution < -0.4 is 23.7 Å². The zero-order valence-corrected chi connectivity index (χ0v) is 28.1. The van der Waals surface area contributed by atoms with E-state index in [-0.39, 0.29) is 12.1 Å². The van der Waals surface area contributed by atoms with E-state index in [0.29, 0.717) is 28.9 Å².